The lowest BCUT2D eigenvalue weighted by atomic mass is 10.2. The van der Waals surface area contributed by atoms with Crippen LogP contribution in [0.3, 0.4) is 0 Å². The molecule has 0 atom stereocenters. The Balaban J connectivity index is 2.43. The van der Waals surface area contributed by atoms with Gasteiger partial charge in [-0.05, 0) is 42.4 Å². The topological polar surface area (TPSA) is 43.4 Å². The lowest BCUT2D eigenvalue weighted by molar-refractivity contribution is 0.309. The second-order valence-electron chi connectivity index (χ2n) is 3.95. The third-order valence-electron chi connectivity index (χ3n) is 2.40. The molecule has 0 heterocycles. The molecule has 0 amide bonds. The number of hydrogen-bond donors (Lipinski definition) is 0. The number of unbranched alkanes of at least 4 members (excludes halogenated alkanes) is 2. The molecule has 3 nitrogen and oxygen atoms in total. The smallest absolute Gasteiger partial charge is 0.266 e. The van der Waals surface area contributed by atoms with E-state index < -0.39 is 10.1 Å². The predicted octanol–water partition coefficient (Wildman–Crippen LogP) is 3.82. The molecule has 1 aromatic rings. The summed E-state index contributed by atoms with van der Waals surface area (Å²) in [6.07, 6.45) is 4.68. The van der Waals surface area contributed by atoms with Crippen molar-refractivity contribution in [1.82, 2.24) is 0 Å². The molecular formula is C13H17IO3S. The van der Waals surface area contributed by atoms with Crippen LogP contribution in [0.2, 0.25) is 0 Å². The van der Waals surface area contributed by atoms with Gasteiger partial charge in [0.05, 0.1) is 11.5 Å². The largest absolute Gasteiger partial charge is 0.296 e. The van der Waals surface area contributed by atoms with Crippen LogP contribution in [0.1, 0.15) is 24.8 Å². The minimum Gasteiger partial charge on any atom is -0.266 e. The lowest BCUT2D eigenvalue weighted by Crippen LogP contribution is -2.07. The zero-order chi connectivity index (χ0) is 13.4. The first-order chi connectivity index (χ1) is 8.56. The Morgan fingerprint density at radius 1 is 1.22 bits per heavy atom. The summed E-state index contributed by atoms with van der Waals surface area (Å²) >= 11 is 2.16. The van der Waals surface area contributed by atoms with E-state index in [0.29, 0.717) is 0 Å². The van der Waals surface area contributed by atoms with Crippen LogP contribution in [0.25, 0.3) is 0 Å². The molecule has 0 aliphatic heterocycles. The van der Waals surface area contributed by atoms with Gasteiger partial charge in [-0.2, -0.15) is 8.42 Å². The fraction of sp³-hybridized carbons (Fsp3) is 0.385. The number of aryl methyl sites for hydroxylation is 1. The summed E-state index contributed by atoms with van der Waals surface area (Å²) in [5, 5.41) is 0. The van der Waals surface area contributed by atoms with E-state index in [-0.39, 0.29) is 11.5 Å². The molecule has 1 aromatic carbocycles. The van der Waals surface area contributed by atoms with E-state index in [1.165, 1.54) is 0 Å². The van der Waals surface area contributed by atoms with Crippen LogP contribution in [-0.2, 0) is 14.3 Å². The highest BCUT2D eigenvalue weighted by molar-refractivity contribution is 14.1. The fourth-order valence-electron chi connectivity index (χ4n) is 1.37. The van der Waals surface area contributed by atoms with Crippen molar-refractivity contribution in [3.63, 3.8) is 0 Å². The highest BCUT2D eigenvalue weighted by atomic mass is 127. The van der Waals surface area contributed by atoms with E-state index in [4.69, 9.17) is 4.18 Å². The third-order valence-corrected chi connectivity index (χ3v) is 4.24. The standard InChI is InChI=1S/C13H17IO3S/c1-12-6-8-13(9-7-12)18(15,16)17-11-5-3-2-4-10-14/h4,6-10H,2-3,5,11H2,1H3/b10-4-. The Hall–Kier alpha value is -0.400. The van der Waals surface area contributed by atoms with E-state index >= 15 is 0 Å². The summed E-state index contributed by atoms with van der Waals surface area (Å²) in [5.41, 5.74) is 1.03. The Labute approximate surface area is 123 Å². The van der Waals surface area contributed by atoms with Crippen LogP contribution < -0.4 is 0 Å². The molecule has 1 rings (SSSR count). The second-order valence-corrected chi connectivity index (χ2v) is 6.28. The van der Waals surface area contributed by atoms with Crippen molar-refractivity contribution in [3.05, 3.63) is 40.0 Å². The molecule has 0 saturated heterocycles. The van der Waals surface area contributed by atoms with Crippen molar-refractivity contribution >= 4 is 32.7 Å². The van der Waals surface area contributed by atoms with Crippen molar-refractivity contribution in [3.8, 4) is 0 Å². The lowest BCUT2D eigenvalue weighted by Gasteiger charge is -2.05. The average Bonchev–Trinajstić information content (AvgIpc) is 2.34. The molecule has 0 N–H and O–H groups in total. The normalized spacial score (nSPS) is 12.1. The Morgan fingerprint density at radius 2 is 1.89 bits per heavy atom. The Bertz CT molecular complexity index is 477. The van der Waals surface area contributed by atoms with Gasteiger partial charge in [0.1, 0.15) is 0 Å². The molecule has 0 aliphatic rings. The van der Waals surface area contributed by atoms with Crippen LogP contribution in [-0.4, -0.2) is 15.0 Å². The maximum absolute atomic E-state index is 11.8. The number of allylic oxidation sites excluding steroid dienone is 1. The van der Waals surface area contributed by atoms with Gasteiger partial charge in [-0.3, -0.25) is 4.18 Å². The number of hydrogen-bond acceptors (Lipinski definition) is 3. The fourth-order valence-corrected chi connectivity index (χ4v) is 2.67. The van der Waals surface area contributed by atoms with Crippen LogP contribution in [0, 0.1) is 6.92 Å². The van der Waals surface area contributed by atoms with Gasteiger partial charge in [0, 0.05) is 0 Å². The van der Waals surface area contributed by atoms with Gasteiger partial charge < -0.3 is 0 Å². The summed E-state index contributed by atoms with van der Waals surface area (Å²) < 4.78 is 30.5. The molecule has 100 valence electrons. The molecular weight excluding hydrogens is 363 g/mol. The van der Waals surface area contributed by atoms with E-state index in [1.807, 2.05) is 11.0 Å². The molecule has 0 bridgehead atoms. The zero-order valence-electron chi connectivity index (χ0n) is 10.3. The van der Waals surface area contributed by atoms with Crippen molar-refractivity contribution in [2.75, 3.05) is 6.61 Å². The maximum Gasteiger partial charge on any atom is 0.296 e. The van der Waals surface area contributed by atoms with Crippen LogP contribution in [0.5, 0.6) is 0 Å². The monoisotopic (exact) mass is 380 g/mol. The average molecular weight is 380 g/mol. The van der Waals surface area contributed by atoms with Crippen molar-refractivity contribution in [2.45, 2.75) is 31.1 Å². The highest BCUT2D eigenvalue weighted by Gasteiger charge is 2.13. The minimum absolute atomic E-state index is 0.222. The van der Waals surface area contributed by atoms with Gasteiger partial charge in [-0.1, -0.05) is 46.4 Å². The second kappa shape index (κ2) is 7.91. The van der Waals surface area contributed by atoms with Gasteiger partial charge in [-0.25, -0.2) is 0 Å². The highest BCUT2D eigenvalue weighted by Crippen LogP contribution is 2.13. The van der Waals surface area contributed by atoms with Crippen molar-refractivity contribution in [1.29, 1.82) is 0 Å². The first kappa shape index (κ1) is 15.7. The van der Waals surface area contributed by atoms with Crippen molar-refractivity contribution in [2.24, 2.45) is 0 Å². The number of rotatable bonds is 7. The van der Waals surface area contributed by atoms with E-state index in [0.717, 1.165) is 24.8 Å². The van der Waals surface area contributed by atoms with Gasteiger partial charge >= 0.3 is 0 Å². The number of halogens is 1. The summed E-state index contributed by atoms with van der Waals surface area (Å²) in [7, 11) is -3.59. The Kier molecular flexibility index (Phi) is 6.88. The summed E-state index contributed by atoms with van der Waals surface area (Å²) in [6.45, 7) is 2.16. The van der Waals surface area contributed by atoms with Crippen molar-refractivity contribution < 1.29 is 12.6 Å². The van der Waals surface area contributed by atoms with Gasteiger partial charge in [0.25, 0.3) is 10.1 Å². The SMILES string of the molecule is Cc1ccc(S(=O)(=O)OCCCC/C=C\I)cc1. The first-order valence-corrected chi connectivity index (χ1v) is 8.43. The van der Waals surface area contributed by atoms with E-state index in [9.17, 15) is 8.42 Å². The molecule has 0 spiro atoms. The molecule has 0 aliphatic carbocycles. The van der Waals surface area contributed by atoms with E-state index in [2.05, 4.69) is 28.7 Å². The summed E-state index contributed by atoms with van der Waals surface area (Å²) in [6, 6.07) is 6.68. The molecule has 0 unspecified atom stereocenters. The minimum atomic E-state index is -3.59. The molecule has 18 heavy (non-hydrogen) atoms. The van der Waals surface area contributed by atoms with Gasteiger partial charge in [-0.15, -0.1) is 0 Å². The number of benzene rings is 1. The van der Waals surface area contributed by atoms with Crippen LogP contribution >= 0.6 is 22.6 Å². The summed E-state index contributed by atoms with van der Waals surface area (Å²) in [5.74, 6) is 0. The molecule has 0 saturated carbocycles. The Morgan fingerprint density at radius 3 is 2.50 bits per heavy atom. The van der Waals surface area contributed by atoms with Gasteiger partial charge in [0.2, 0.25) is 0 Å². The van der Waals surface area contributed by atoms with Crippen LogP contribution in [0.4, 0.5) is 0 Å². The first-order valence-electron chi connectivity index (χ1n) is 5.77. The summed E-state index contributed by atoms with van der Waals surface area (Å²) in [4.78, 5) is 0.222. The van der Waals surface area contributed by atoms with Gasteiger partial charge in [0.15, 0.2) is 0 Å². The van der Waals surface area contributed by atoms with Crippen LogP contribution in [0.15, 0.2) is 39.3 Å². The van der Waals surface area contributed by atoms with E-state index in [1.54, 1.807) is 24.3 Å². The predicted molar refractivity (Wildman–Crippen MR) is 81.3 cm³/mol. The quantitative estimate of drug-likeness (QED) is 0.410. The maximum atomic E-state index is 11.8. The third kappa shape index (κ3) is 5.49. The molecule has 5 heteroatoms. The molecule has 0 aromatic heterocycles. The molecule has 0 radical (unpaired) electrons. The molecule has 0 fully saturated rings. The zero-order valence-corrected chi connectivity index (χ0v) is 13.3.